The molecule has 0 saturated heterocycles. The maximum atomic E-state index is 12.0. The third-order valence-corrected chi connectivity index (χ3v) is 4.18. The zero-order chi connectivity index (χ0) is 14.4. The topological polar surface area (TPSA) is 29.1 Å². The van der Waals surface area contributed by atoms with Crippen molar-refractivity contribution in [2.24, 2.45) is 0 Å². The molecule has 0 bridgehead atoms. The van der Waals surface area contributed by atoms with Gasteiger partial charge in [0, 0.05) is 11.4 Å². The first kappa shape index (κ1) is 15.1. The number of carbonyl (C=O) groups excluding carboxylic acids is 1. The average Bonchev–Trinajstić information content (AvgIpc) is 2.96. The number of carbonyl (C=O) groups is 1. The molecule has 0 saturated carbocycles. The van der Waals surface area contributed by atoms with Crippen molar-refractivity contribution in [1.82, 2.24) is 5.32 Å². The number of hydrogen-bond acceptors (Lipinski definition) is 2. The van der Waals surface area contributed by atoms with Gasteiger partial charge in [0.05, 0.1) is 6.04 Å². The summed E-state index contributed by atoms with van der Waals surface area (Å²) in [4.78, 5) is 12.0. The van der Waals surface area contributed by atoms with E-state index in [9.17, 15) is 4.79 Å². The lowest BCUT2D eigenvalue weighted by Crippen LogP contribution is -2.28. The average molecular weight is 308 g/mol. The number of amides is 1. The van der Waals surface area contributed by atoms with E-state index in [0.717, 1.165) is 18.4 Å². The Bertz CT molecular complexity index is 553. The second-order valence-electron chi connectivity index (χ2n) is 4.71. The molecular weight excluding hydrogens is 290 g/mol. The Hall–Kier alpha value is -1.32. The van der Waals surface area contributed by atoms with Crippen LogP contribution in [-0.4, -0.2) is 5.91 Å². The summed E-state index contributed by atoms with van der Waals surface area (Å²) in [6.45, 7) is 2.06. The van der Waals surface area contributed by atoms with Gasteiger partial charge in [0.25, 0.3) is 0 Å². The molecule has 1 unspecified atom stereocenters. The fourth-order valence-corrected chi connectivity index (χ4v) is 3.01. The van der Waals surface area contributed by atoms with Crippen LogP contribution in [0.4, 0.5) is 0 Å². The van der Waals surface area contributed by atoms with Gasteiger partial charge in [0.2, 0.25) is 5.91 Å². The number of rotatable bonds is 6. The third-order valence-electron chi connectivity index (χ3n) is 3.22. The first-order chi connectivity index (χ1) is 9.69. The van der Waals surface area contributed by atoms with E-state index in [1.807, 2.05) is 29.6 Å². The molecule has 1 N–H and O–H groups in total. The Morgan fingerprint density at radius 1 is 1.40 bits per heavy atom. The van der Waals surface area contributed by atoms with E-state index in [2.05, 4.69) is 23.7 Å². The van der Waals surface area contributed by atoms with Gasteiger partial charge in [-0.1, -0.05) is 30.7 Å². The quantitative estimate of drug-likeness (QED) is 0.830. The molecule has 2 rings (SSSR count). The van der Waals surface area contributed by atoms with Crippen LogP contribution in [0.1, 0.15) is 36.9 Å². The van der Waals surface area contributed by atoms with Gasteiger partial charge in [-0.05, 0) is 52.9 Å². The summed E-state index contributed by atoms with van der Waals surface area (Å²) in [7, 11) is 0. The lowest BCUT2D eigenvalue weighted by molar-refractivity contribution is -0.121. The van der Waals surface area contributed by atoms with Crippen LogP contribution in [0.5, 0.6) is 0 Å². The highest BCUT2D eigenvalue weighted by Crippen LogP contribution is 2.20. The van der Waals surface area contributed by atoms with Crippen LogP contribution in [0.3, 0.4) is 0 Å². The molecular formula is C16H18ClNOS. The summed E-state index contributed by atoms with van der Waals surface area (Å²) < 4.78 is 0. The summed E-state index contributed by atoms with van der Waals surface area (Å²) in [5.74, 6) is 0.0861. The number of aryl methyl sites for hydroxylation is 1. The molecule has 2 nitrogen and oxygen atoms in total. The highest BCUT2D eigenvalue weighted by molar-refractivity contribution is 7.07. The normalized spacial score (nSPS) is 12.1. The van der Waals surface area contributed by atoms with E-state index in [1.54, 1.807) is 11.3 Å². The van der Waals surface area contributed by atoms with Crippen molar-refractivity contribution in [3.8, 4) is 0 Å². The molecule has 1 amide bonds. The van der Waals surface area contributed by atoms with E-state index in [4.69, 9.17) is 11.6 Å². The second-order valence-corrected chi connectivity index (χ2v) is 5.93. The Kier molecular flexibility index (Phi) is 5.62. The van der Waals surface area contributed by atoms with Gasteiger partial charge in [-0.3, -0.25) is 4.79 Å². The molecule has 1 aromatic heterocycles. The summed E-state index contributed by atoms with van der Waals surface area (Å²) >= 11 is 7.66. The summed E-state index contributed by atoms with van der Waals surface area (Å²) in [6, 6.07) is 9.76. The fourth-order valence-electron chi connectivity index (χ4n) is 2.10. The monoisotopic (exact) mass is 307 g/mol. The molecule has 0 fully saturated rings. The molecule has 2 aromatic rings. The van der Waals surface area contributed by atoms with Crippen molar-refractivity contribution >= 4 is 28.8 Å². The largest absolute Gasteiger partial charge is 0.349 e. The maximum Gasteiger partial charge on any atom is 0.220 e. The Morgan fingerprint density at radius 2 is 2.25 bits per heavy atom. The van der Waals surface area contributed by atoms with Crippen molar-refractivity contribution in [2.75, 3.05) is 0 Å². The van der Waals surface area contributed by atoms with Gasteiger partial charge in [-0.2, -0.15) is 11.3 Å². The molecule has 0 aliphatic carbocycles. The summed E-state index contributed by atoms with van der Waals surface area (Å²) in [5, 5.41) is 7.90. The number of hydrogen-bond donors (Lipinski definition) is 1. The van der Waals surface area contributed by atoms with Gasteiger partial charge in [0.15, 0.2) is 0 Å². The van der Waals surface area contributed by atoms with Gasteiger partial charge >= 0.3 is 0 Å². The third kappa shape index (κ3) is 4.36. The Balaban J connectivity index is 1.91. The minimum atomic E-state index is 0.0312. The fraction of sp³-hybridized carbons (Fsp3) is 0.312. The number of benzene rings is 1. The van der Waals surface area contributed by atoms with Crippen molar-refractivity contribution < 1.29 is 4.79 Å². The van der Waals surface area contributed by atoms with Crippen LogP contribution < -0.4 is 5.32 Å². The van der Waals surface area contributed by atoms with Crippen LogP contribution in [0.2, 0.25) is 5.02 Å². The number of nitrogens with one attached hydrogen (secondary N) is 1. The van der Waals surface area contributed by atoms with Crippen LogP contribution >= 0.6 is 22.9 Å². The van der Waals surface area contributed by atoms with Gasteiger partial charge in [-0.15, -0.1) is 0 Å². The minimum Gasteiger partial charge on any atom is -0.349 e. The van der Waals surface area contributed by atoms with Crippen LogP contribution in [-0.2, 0) is 11.2 Å². The van der Waals surface area contributed by atoms with E-state index in [-0.39, 0.29) is 11.9 Å². The Morgan fingerprint density at radius 3 is 2.90 bits per heavy atom. The standard InChI is InChI=1S/C16H18ClNOS/c1-2-15(13-4-3-5-14(17)10-13)18-16(19)7-6-12-8-9-20-11-12/h3-5,8-11,15H,2,6-7H2,1H3,(H,18,19). The van der Waals surface area contributed by atoms with Gasteiger partial charge in [-0.25, -0.2) is 0 Å². The first-order valence-corrected chi connectivity index (χ1v) is 8.07. The van der Waals surface area contributed by atoms with Crippen LogP contribution in [0.15, 0.2) is 41.1 Å². The molecule has 0 radical (unpaired) electrons. The smallest absolute Gasteiger partial charge is 0.220 e. The predicted molar refractivity (Wildman–Crippen MR) is 85.3 cm³/mol. The molecule has 0 aliphatic heterocycles. The van der Waals surface area contributed by atoms with Crippen LogP contribution in [0, 0.1) is 0 Å². The SMILES string of the molecule is CCC(NC(=O)CCc1ccsc1)c1cccc(Cl)c1. The first-order valence-electron chi connectivity index (χ1n) is 6.75. The minimum absolute atomic E-state index is 0.0312. The lowest BCUT2D eigenvalue weighted by Gasteiger charge is -2.17. The Labute approximate surface area is 128 Å². The molecule has 1 aromatic carbocycles. The zero-order valence-electron chi connectivity index (χ0n) is 11.4. The van der Waals surface area contributed by atoms with E-state index < -0.39 is 0 Å². The van der Waals surface area contributed by atoms with Crippen LogP contribution in [0.25, 0.3) is 0 Å². The second kappa shape index (κ2) is 7.46. The molecule has 0 spiro atoms. The van der Waals surface area contributed by atoms with Crippen molar-refractivity contribution in [2.45, 2.75) is 32.2 Å². The van der Waals surface area contributed by atoms with Crippen molar-refractivity contribution in [3.05, 3.63) is 57.2 Å². The molecule has 20 heavy (non-hydrogen) atoms. The maximum absolute atomic E-state index is 12.0. The predicted octanol–water partition coefficient (Wildman–Crippen LogP) is 4.60. The van der Waals surface area contributed by atoms with E-state index in [0.29, 0.717) is 11.4 Å². The zero-order valence-corrected chi connectivity index (χ0v) is 13.0. The van der Waals surface area contributed by atoms with Crippen molar-refractivity contribution in [3.63, 3.8) is 0 Å². The van der Waals surface area contributed by atoms with E-state index in [1.165, 1.54) is 5.56 Å². The molecule has 0 aliphatic rings. The van der Waals surface area contributed by atoms with Gasteiger partial charge < -0.3 is 5.32 Å². The summed E-state index contributed by atoms with van der Waals surface area (Å²) in [5.41, 5.74) is 2.28. The highest BCUT2D eigenvalue weighted by Gasteiger charge is 2.13. The van der Waals surface area contributed by atoms with E-state index >= 15 is 0 Å². The molecule has 1 heterocycles. The van der Waals surface area contributed by atoms with Gasteiger partial charge in [0.1, 0.15) is 0 Å². The molecule has 1 atom stereocenters. The molecule has 4 heteroatoms. The number of halogens is 1. The highest BCUT2D eigenvalue weighted by atomic mass is 35.5. The lowest BCUT2D eigenvalue weighted by atomic mass is 10.0. The van der Waals surface area contributed by atoms with Crippen molar-refractivity contribution in [1.29, 1.82) is 0 Å². The number of thiophene rings is 1. The summed E-state index contributed by atoms with van der Waals surface area (Å²) in [6.07, 6.45) is 2.17. The molecule has 106 valence electrons.